The topological polar surface area (TPSA) is 44.9 Å². The van der Waals surface area contributed by atoms with Gasteiger partial charge in [0.05, 0.1) is 4.88 Å². The highest BCUT2D eigenvalue weighted by Gasteiger charge is 2.25. The van der Waals surface area contributed by atoms with Crippen LogP contribution in [0.1, 0.15) is 29.1 Å². The van der Waals surface area contributed by atoms with Crippen LogP contribution in [0.15, 0.2) is 41.9 Å². The van der Waals surface area contributed by atoms with E-state index >= 15 is 0 Å². The van der Waals surface area contributed by atoms with Crippen molar-refractivity contribution < 1.29 is 4.79 Å². The SMILES string of the molecule is CC(C)(CNC(=O)c1cccs1)c1c[nH]c2cc(Cl)ccc12. The first-order valence-corrected chi connectivity index (χ1v) is 8.32. The molecule has 0 bridgehead atoms. The number of nitrogens with one attached hydrogen (secondary N) is 2. The Morgan fingerprint density at radius 1 is 1.36 bits per heavy atom. The summed E-state index contributed by atoms with van der Waals surface area (Å²) in [5.74, 6) is -0.0223. The summed E-state index contributed by atoms with van der Waals surface area (Å²) in [5.41, 5.74) is 2.00. The van der Waals surface area contributed by atoms with Crippen LogP contribution in [0.3, 0.4) is 0 Å². The van der Waals surface area contributed by atoms with Gasteiger partial charge in [-0.25, -0.2) is 0 Å². The molecule has 114 valence electrons. The number of H-pyrrole nitrogens is 1. The van der Waals surface area contributed by atoms with Crippen LogP contribution in [0.25, 0.3) is 10.9 Å². The molecule has 2 N–H and O–H groups in total. The predicted molar refractivity (Wildman–Crippen MR) is 93.0 cm³/mol. The van der Waals surface area contributed by atoms with Crippen molar-refractivity contribution in [2.45, 2.75) is 19.3 Å². The molecule has 0 saturated heterocycles. The number of amides is 1. The van der Waals surface area contributed by atoms with Crippen molar-refractivity contribution >= 4 is 39.7 Å². The number of fused-ring (bicyclic) bond motifs is 1. The maximum absolute atomic E-state index is 12.1. The molecule has 0 aliphatic heterocycles. The van der Waals surface area contributed by atoms with Crippen LogP contribution in [0, 0.1) is 0 Å². The maximum atomic E-state index is 12.1. The van der Waals surface area contributed by atoms with Gasteiger partial charge in [-0.1, -0.05) is 37.6 Å². The zero-order valence-electron chi connectivity index (χ0n) is 12.4. The standard InChI is InChI=1S/C17H17ClN2OS/c1-17(2,10-20-16(21)15-4-3-7-22-15)13-9-19-14-8-11(18)5-6-12(13)14/h3-9,19H,10H2,1-2H3,(H,20,21). The number of aromatic nitrogens is 1. The molecule has 1 amide bonds. The fourth-order valence-electron chi connectivity index (χ4n) is 2.55. The Morgan fingerprint density at radius 3 is 2.91 bits per heavy atom. The lowest BCUT2D eigenvalue weighted by atomic mass is 9.84. The Balaban J connectivity index is 1.81. The lowest BCUT2D eigenvalue weighted by Gasteiger charge is -2.24. The number of aromatic amines is 1. The molecular weight excluding hydrogens is 316 g/mol. The summed E-state index contributed by atoms with van der Waals surface area (Å²) in [6, 6.07) is 9.55. The summed E-state index contributed by atoms with van der Waals surface area (Å²) >= 11 is 7.48. The molecule has 5 heteroatoms. The van der Waals surface area contributed by atoms with E-state index in [0.717, 1.165) is 15.8 Å². The van der Waals surface area contributed by atoms with Crippen LogP contribution >= 0.6 is 22.9 Å². The minimum Gasteiger partial charge on any atom is -0.361 e. The molecule has 3 nitrogen and oxygen atoms in total. The summed E-state index contributed by atoms with van der Waals surface area (Å²) in [5, 5.41) is 6.78. The molecule has 0 fully saturated rings. The highest BCUT2D eigenvalue weighted by Crippen LogP contribution is 2.31. The van der Waals surface area contributed by atoms with Crippen LogP contribution < -0.4 is 5.32 Å². The van der Waals surface area contributed by atoms with Crippen LogP contribution in [-0.4, -0.2) is 17.4 Å². The van der Waals surface area contributed by atoms with E-state index in [1.807, 2.05) is 41.9 Å². The van der Waals surface area contributed by atoms with Gasteiger partial charge < -0.3 is 10.3 Å². The molecule has 2 heterocycles. The van der Waals surface area contributed by atoms with Crippen LogP contribution in [0.5, 0.6) is 0 Å². The second kappa shape index (κ2) is 5.78. The number of hydrogen-bond acceptors (Lipinski definition) is 2. The van der Waals surface area contributed by atoms with Gasteiger partial charge in [-0.3, -0.25) is 4.79 Å². The second-order valence-corrected chi connectivity index (χ2v) is 7.32. The van der Waals surface area contributed by atoms with E-state index in [4.69, 9.17) is 11.6 Å². The largest absolute Gasteiger partial charge is 0.361 e. The Bertz CT molecular complexity index is 805. The monoisotopic (exact) mass is 332 g/mol. The molecule has 3 aromatic rings. The van der Waals surface area contributed by atoms with E-state index in [-0.39, 0.29) is 11.3 Å². The Labute approximate surface area is 138 Å². The number of halogens is 1. The van der Waals surface area contributed by atoms with Gasteiger partial charge in [0.25, 0.3) is 5.91 Å². The van der Waals surface area contributed by atoms with Gasteiger partial charge in [-0.05, 0) is 29.1 Å². The first kappa shape index (κ1) is 15.1. The van der Waals surface area contributed by atoms with Gasteiger partial charge in [0.1, 0.15) is 0 Å². The Hall–Kier alpha value is -1.78. The molecule has 0 unspecified atom stereocenters. The summed E-state index contributed by atoms with van der Waals surface area (Å²) in [6.45, 7) is 4.82. The van der Waals surface area contributed by atoms with Gasteiger partial charge in [-0.2, -0.15) is 0 Å². The van der Waals surface area contributed by atoms with Gasteiger partial charge in [0, 0.05) is 34.1 Å². The summed E-state index contributed by atoms with van der Waals surface area (Å²) in [6.07, 6.45) is 2.00. The lowest BCUT2D eigenvalue weighted by Crippen LogP contribution is -2.36. The van der Waals surface area contributed by atoms with Gasteiger partial charge in [0.2, 0.25) is 0 Å². The first-order chi connectivity index (χ1) is 10.5. The van der Waals surface area contributed by atoms with Crippen molar-refractivity contribution in [3.05, 3.63) is 57.4 Å². The number of benzene rings is 1. The van der Waals surface area contributed by atoms with E-state index in [0.29, 0.717) is 11.6 Å². The second-order valence-electron chi connectivity index (χ2n) is 5.94. The summed E-state index contributed by atoms with van der Waals surface area (Å²) in [7, 11) is 0. The highest BCUT2D eigenvalue weighted by molar-refractivity contribution is 7.12. The quantitative estimate of drug-likeness (QED) is 0.721. The number of carbonyl (C=O) groups excluding carboxylic acids is 1. The van der Waals surface area contributed by atoms with Crippen molar-refractivity contribution in [2.75, 3.05) is 6.54 Å². The lowest BCUT2D eigenvalue weighted by molar-refractivity contribution is 0.0950. The van der Waals surface area contributed by atoms with Crippen LogP contribution in [0.4, 0.5) is 0 Å². The third kappa shape index (κ3) is 2.89. The van der Waals surface area contributed by atoms with Crippen molar-refractivity contribution in [3.8, 4) is 0 Å². The number of rotatable bonds is 4. The molecule has 0 atom stereocenters. The van der Waals surface area contributed by atoms with E-state index < -0.39 is 0 Å². The molecule has 0 spiro atoms. The predicted octanol–water partition coefficient (Wildman–Crippen LogP) is 4.59. The Kier molecular flexibility index (Phi) is 3.98. The van der Waals surface area contributed by atoms with Crippen molar-refractivity contribution in [1.82, 2.24) is 10.3 Å². The highest BCUT2D eigenvalue weighted by atomic mass is 35.5. The van der Waals surface area contributed by atoms with Crippen molar-refractivity contribution in [3.63, 3.8) is 0 Å². The van der Waals surface area contributed by atoms with Crippen molar-refractivity contribution in [1.29, 1.82) is 0 Å². The molecule has 0 aliphatic rings. The van der Waals surface area contributed by atoms with E-state index in [9.17, 15) is 4.79 Å². The number of thiophene rings is 1. The molecule has 3 rings (SSSR count). The molecule has 2 aromatic heterocycles. The van der Waals surface area contributed by atoms with Crippen molar-refractivity contribution in [2.24, 2.45) is 0 Å². The molecule has 0 aliphatic carbocycles. The molecule has 1 aromatic carbocycles. The first-order valence-electron chi connectivity index (χ1n) is 7.06. The van der Waals surface area contributed by atoms with Crippen LogP contribution in [-0.2, 0) is 5.41 Å². The fraction of sp³-hybridized carbons (Fsp3) is 0.235. The number of carbonyl (C=O) groups is 1. The third-order valence-corrected chi connectivity index (χ3v) is 4.91. The minimum absolute atomic E-state index is 0.0223. The average Bonchev–Trinajstić information content (AvgIpc) is 3.13. The van der Waals surface area contributed by atoms with Gasteiger partial charge >= 0.3 is 0 Å². The van der Waals surface area contributed by atoms with Gasteiger partial charge in [-0.15, -0.1) is 11.3 Å². The smallest absolute Gasteiger partial charge is 0.261 e. The van der Waals surface area contributed by atoms with E-state index in [2.05, 4.69) is 24.1 Å². The Morgan fingerprint density at radius 2 is 2.18 bits per heavy atom. The van der Waals surface area contributed by atoms with E-state index in [1.54, 1.807) is 0 Å². The van der Waals surface area contributed by atoms with Gasteiger partial charge in [0.15, 0.2) is 0 Å². The maximum Gasteiger partial charge on any atom is 0.261 e. The molecule has 0 radical (unpaired) electrons. The molecular formula is C17H17ClN2OS. The zero-order valence-corrected chi connectivity index (χ0v) is 14.0. The summed E-state index contributed by atoms with van der Waals surface area (Å²) in [4.78, 5) is 16.1. The fourth-order valence-corrected chi connectivity index (χ4v) is 3.36. The minimum atomic E-state index is -0.182. The molecule has 22 heavy (non-hydrogen) atoms. The number of hydrogen-bond donors (Lipinski definition) is 2. The normalized spacial score (nSPS) is 11.8. The van der Waals surface area contributed by atoms with Crippen LogP contribution in [0.2, 0.25) is 5.02 Å². The summed E-state index contributed by atoms with van der Waals surface area (Å²) < 4.78 is 0. The average molecular weight is 333 g/mol. The van der Waals surface area contributed by atoms with E-state index in [1.165, 1.54) is 16.9 Å². The molecule has 0 saturated carbocycles. The zero-order chi connectivity index (χ0) is 15.7. The third-order valence-electron chi connectivity index (χ3n) is 3.81.